The van der Waals surface area contributed by atoms with Crippen molar-refractivity contribution in [3.05, 3.63) is 12.2 Å². The van der Waals surface area contributed by atoms with E-state index in [1.54, 1.807) is 0 Å². The smallest absolute Gasteiger partial charge is 0.246 e. The maximum atomic E-state index is 11.1. The van der Waals surface area contributed by atoms with Gasteiger partial charge in [-0.25, -0.2) is 0 Å². The van der Waals surface area contributed by atoms with E-state index < -0.39 is 0 Å². The molecule has 0 aliphatic carbocycles. The third kappa shape index (κ3) is 2.33. The van der Waals surface area contributed by atoms with E-state index in [9.17, 15) is 4.79 Å². The van der Waals surface area contributed by atoms with Gasteiger partial charge >= 0.3 is 0 Å². The summed E-state index contributed by atoms with van der Waals surface area (Å²) in [6, 6.07) is 0.137. The lowest BCUT2D eigenvalue weighted by molar-refractivity contribution is -0.132. The fourth-order valence-electron chi connectivity index (χ4n) is 1.87. The summed E-state index contributed by atoms with van der Waals surface area (Å²) in [6.07, 6.45) is 5.42. The minimum atomic E-state index is -0.00102. The Balaban J connectivity index is 1.94. The van der Waals surface area contributed by atoms with Gasteiger partial charge in [0.1, 0.15) is 6.61 Å². The van der Waals surface area contributed by atoms with E-state index in [2.05, 4.69) is 22.8 Å². The average Bonchev–Trinajstić information content (AvgIpc) is 2.45. The van der Waals surface area contributed by atoms with Crippen LogP contribution in [0.1, 0.15) is 6.42 Å². The predicted molar refractivity (Wildman–Crippen MR) is 52.9 cm³/mol. The van der Waals surface area contributed by atoms with E-state index >= 15 is 0 Å². The third-order valence-electron chi connectivity index (χ3n) is 2.64. The van der Waals surface area contributed by atoms with Crippen LogP contribution in [-0.4, -0.2) is 38.3 Å². The molecule has 4 heteroatoms. The van der Waals surface area contributed by atoms with Gasteiger partial charge in [-0.05, 0) is 13.0 Å². The van der Waals surface area contributed by atoms with Crippen molar-refractivity contribution in [3.63, 3.8) is 0 Å². The van der Waals surface area contributed by atoms with Crippen LogP contribution < -0.4 is 10.6 Å². The standard InChI is InChI=1S/C10H16N2O2/c13-10-7-14-6-9(12-10)8-3-1-2-4-11-5-8/h1,3,8-9,11H,2,4-7H2,(H,12,13). The highest BCUT2D eigenvalue weighted by molar-refractivity contribution is 5.78. The van der Waals surface area contributed by atoms with Crippen molar-refractivity contribution in [2.24, 2.45) is 5.92 Å². The summed E-state index contributed by atoms with van der Waals surface area (Å²) in [4.78, 5) is 11.1. The summed E-state index contributed by atoms with van der Waals surface area (Å²) in [7, 11) is 0. The van der Waals surface area contributed by atoms with Crippen molar-refractivity contribution in [3.8, 4) is 0 Å². The molecule has 0 spiro atoms. The molecule has 0 saturated carbocycles. The zero-order valence-electron chi connectivity index (χ0n) is 8.16. The first-order chi connectivity index (χ1) is 6.86. The quantitative estimate of drug-likeness (QED) is 0.564. The van der Waals surface area contributed by atoms with Crippen LogP contribution in [0.3, 0.4) is 0 Å². The number of ether oxygens (including phenoxy) is 1. The summed E-state index contributed by atoms with van der Waals surface area (Å²) in [5.74, 6) is 0.362. The fraction of sp³-hybridized carbons (Fsp3) is 0.700. The highest BCUT2D eigenvalue weighted by atomic mass is 16.5. The van der Waals surface area contributed by atoms with Gasteiger partial charge < -0.3 is 15.4 Å². The van der Waals surface area contributed by atoms with Crippen LogP contribution in [0.25, 0.3) is 0 Å². The molecule has 4 nitrogen and oxygen atoms in total. The molecule has 2 rings (SSSR count). The Morgan fingerprint density at radius 2 is 2.43 bits per heavy atom. The van der Waals surface area contributed by atoms with Crippen LogP contribution in [0.2, 0.25) is 0 Å². The van der Waals surface area contributed by atoms with E-state index in [1.807, 2.05) is 0 Å². The van der Waals surface area contributed by atoms with Crippen LogP contribution in [0.15, 0.2) is 12.2 Å². The fourth-order valence-corrected chi connectivity index (χ4v) is 1.87. The molecule has 0 aromatic heterocycles. The summed E-state index contributed by atoms with van der Waals surface area (Å²) >= 11 is 0. The maximum absolute atomic E-state index is 11.1. The Morgan fingerprint density at radius 3 is 3.29 bits per heavy atom. The molecular formula is C10H16N2O2. The Labute approximate surface area is 83.7 Å². The second-order valence-electron chi connectivity index (χ2n) is 3.77. The number of rotatable bonds is 1. The topological polar surface area (TPSA) is 50.4 Å². The Bertz CT molecular complexity index is 240. The molecular weight excluding hydrogens is 180 g/mol. The van der Waals surface area contributed by atoms with Gasteiger partial charge in [0, 0.05) is 12.5 Å². The normalized spacial score (nSPS) is 33.6. The number of morpholine rings is 1. The number of hydrogen-bond acceptors (Lipinski definition) is 3. The largest absolute Gasteiger partial charge is 0.369 e. The lowest BCUT2D eigenvalue weighted by Crippen LogP contribution is -2.51. The number of carbonyl (C=O) groups is 1. The van der Waals surface area contributed by atoms with Gasteiger partial charge in [-0.3, -0.25) is 4.79 Å². The maximum Gasteiger partial charge on any atom is 0.246 e. The van der Waals surface area contributed by atoms with Gasteiger partial charge in [0.25, 0.3) is 0 Å². The average molecular weight is 196 g/mol. The Hall–Kier alpha value is -0.870. The van der Waals surface area contributed by atoms with Gasteiger partial charge in [0.05, 0.1) is 12.6 Å². The second-order valence-corrected chi connectivity index (χ2v) is 3.77. The minimum Gasteiger partial charge on any atom is -0.369 e. The highest BCUT2D eigenvalue weighted by Crippen LogP contribution is 2.11. The molecule has 0 bridgehead atoms. The van der Waals surface area contributed by atoms with Gasteiger partial charge in [0.2, 0.25) is 5.91 Å². The molecule has 0 aromatic rings. The summed E-state index contributed by atoms with van der Waals surface area (Å²) < 4.78 is 5.21. The van der Waals surface area contributed by atoms with E-state index in [0.29, 0.717) is 12.5 Å². The monoisotopic (exact) mass is 196 g/mol. The van der Waals surface area contributed by atoms with E-state index in [1.165, 1.54) is 0 Å². The minimum absolute atomic E-state index is 0.00102. The molecule has 2 aliphatic heterocycles. The van der Waals surface area contributed by atoms with Crippen LogP contribution in [0, 0.1) is 5.92 Å². The lowest BCUT2D eigenvalue weighted by Gasteiger charge is -2.28. The first-order valence-corrected chi connectivity index (χ1v) is 5.11. The Morgan fingerprint density at radius 1 is 1.50 bits per heavy atom. The highest BCUT2D eigenvalue weighted by Gasteiger charge is 2.25. The summed E-state index contributed by atoms with van der Waals surface area (Å²) in [5, 5.41) is 6.30. The van der Waals surface area contributed by atoms with Crippen molar-refractivity contribution >= 4 is 5.91 Å². The van der Waals surface area contributed by atoms with Gasteiger partial charge in [0.15, 0.2) is 0 Å². The molecule has 1 fully saturated rings. The van der Waals surface area contributed by atoms with Crippen molar-refractivity contribution in [2.45, 2.75) is 12.5 Å². The molecule has 14 heavy (non-hydrogen) atoms. The molecule has 2 atom stereocenters. The van der Waals surface area contributed by atoms with Crippen LogP contribution >= 0.6 is 0 Å². The molecule has 1 saturated heterocycles. The number of amides is 1. The van der Waals surface area contributed by atoms with Crippen molar-refractivity contribution in [1.29, 1.82) is 0 Å². The van der Waals surface area contributed by atoms with Crippen LogP contribution in [0.4, 0.5) is 0 Å². The first kappa shape index (κ1) is 9.68. The molecule has 0 radical (unpaired) electrons. The van der Waals surface area contributed by atoms with E-state index in [-0.39, 0.29) is 18.6 Å². The molecule has 0 aromatic carbocycles. The lowest BCUT2D eigenvalue weighted by atomic mass is 9.99. The SMILES string of the molecule is O=C1COCC(C2C=CCCNC2)N1. The van der Waals surface area contributed by atoms with Gasteiger partial charge in [-0.1, -0.05) is 12.2 Å². The van der Waals surface area contributed by atoms with Crippen LogP contribution in [0.5, 0.6) is 0 Å². The summed E-state index contributed by atoms with van der Waals surface area (Å²) in [6.45, 7) is 2.78. The Kier molecular flexibility index (Phi) is 3.16. The first-order valence-electron chi connectivity index (χ1n) is 5.11. The van der Waals surface area contributed by atoms with Gasteiger partial charge in [-0.15, -0.1) is 0 Å². The van der Waals surface area contributed by atoms with E-state index in [0.717, 1.165) is 19.5 Å². The molecule has 78 valence electrons. The van der Waals surface area contributed by atoms with Crippen LogP contribution in [-0.2, 0) is 9.53 Å². The molecule has 1 amide bonds. The molecule has 2 unspecified atom stereocenters. The molecule has 2 aliphatic rings. The molecule has 2 heterocycles. The van der Waals surface area contributed by atoms with E-state index in [4.69, 9.17) is 4.74 Å². The third-order valence-corrected chi connectivity index (χ3v) is 2.64. The van der Waals surface area contributed by atoms with Crippen molar-refractivity contribution < 1.29 is 9.53 Å². The number of nitrogens with one attached hydrogen (secondary N) is 2. The number of hydrogen-bond donors (Lipinski definition) is 2. The van der Waals surface area contributed by atoms with Crippen molar-refractivity contribution in [2.75, 3.05) is 26.3 Å². The zero-order chi connectivity index (χ0) is 9.80. The number of carbonyl (C=O) groups excluding carboxylic acids is 1. The summed E-state index contributed by atoms with van der Waals surface area (Å²) in [5.41, 5.74) is 0. The second kappa shape index (κ2) is 4.57. The molecule has 2 N–H and O–H groups in total. The predicted octanol–water partition coefficient (Wildman–Crippen LogP) is -0.333. The van der Waals surface area contributed by atoms with Crippen molar-refractivity contribution in [1.82, 2.24) is 10.6 Å². The zero-order valence-corrected chi connectivity index (χ0v) is 8.16. The van der Waals surface area contributed by atoms with Gasteiger partial charge in [-0.2, -0.15) is 0 Å².